The van der Waals surface area contributed by atoms with Crippen LogP contribution in [-0.2, 0) is 4.74 Å². The maximum absolute atomic E-state index is 5.96. The smallest absolute Gasteiger partial charge is 0.255 e. The highest BCUT2D eigenvalue weighted by molar-refractivity contribution is 6.29. The molecule has 2 aromatic heterocycles. The molecule has 0 unspecified atom stereocenters. The van der Waals surface area contributed by atoms with E-state index >= 15 is 0 Å². The zero-order valence-corrected chi connectivity index (χ0v) is 12.1. The zero-order chi connectivity index (χ0) is 13.9. The molecule has 0 aromatic carbocycles. The normalized spacial score (nSPS) is 12.0. The third kappa shape index (κ3) is 3.54. The van der Waals surface area contributed by atoms with Gasteiger partial charge in [0.1, 0.15) is 17.3 Å². The highest BCUT2D eigenvalue weighted by Gasteiger charge is 2.18. The van der Waals surface area contributed by atoms with Gasteiger partial charge < -0.3 is 10.1 Å². The fourth-order valence-corrected chi connectivity index (χ4v) is 1.88. The molecule has 0 bridgehead atoms. The molecule has 0 saturated heterocycles. The summed E-state index contributed by atoms with van der Waals surface area (Å²) in [4.78, 5) is 8.12. The van der Waals surface area contributed by atoms with Crippen LogP contribution in [0.2, 0.25) is 5.15 Å². The Morgan fingerprint density at radius 2 is 2.26 bits per heavy atom. The number of nitrogens with zero attached hydrogens (tertiary/aromatic N) is 4. The molecule has 2 rings (SSSR count). The second-order valence-electron chi connectivity index (χ2n) is 5.20. The fraction of sp³-hybridized carbons (Fsp3) is 0.583. The highest BCUT2D eigenvalue weighted by atomic mass is 35.5. The number of rotatable bonds is 6. The van der Waals surface area contributed by atoms with Gasteiger partial charge in [-0.15, -0.1) is 0 Å². The van der Waals surface area contributed by atoms with Gasteiger partial charge in [-0.1, -0.05) is 25.4 Å². The van der Waals surface area contributed by atoms with E-state index in [1.54, 1.807) is 17.7 Å². The van der Waals surface area contributed by atoms with Crippen LogP contribution in [0, 0.1) is 5.41 Å². The molecule has 0 aliphatic heterocycles. The first-order chi connectivity index (χ1) is 9.02. The Bertz CT molecular complexity index is 554. The van der Waals surface area contributed by atoms with Crippen molar-refractivity contribution in [1.29, 1.82) is 0 Å². The molecular formula is C12H18ClN5O. The van der Waals surface area contributed by atoms with Gasteiger partial charge >= 0.3 is 0 Å². The quantitative estimate of drug-likeness (QED) is 0.824. The van der Waals surface area contributed by atoms with Gasteiger partial charge in [-0.05, 0) is 11.8 Å². The minimum atomic E-state index is 0.110. The van der Waals surface area contributed by atoms with Gasteiger partial charge in [0, 0.05) is 26.3 Å². The summed E-state index contributed by atoms with van der Waals surface area (Å²) in [7, 11) is 1.71. The van der Waals surface area contributed by atoms with Gasteiger partial charge in [0.15, 0.2) is 0 Å². The Balaban J connectivity index is 2.11. The van der Waals surface area contributed by atoms with Crippen LogP contribution in [0.3, 0.4) is 0 Å². The summed E-state index contributed by atoms with van der Waals surface area (Å²) in [6.07, 6.45) is 2.43. The van der Waals surface area contributed by atoms with E-state index in [9.17, 15) is 0 Å². The molecule has 0 spiro atoms. The van der Waals surface area contributed by atoms with E-state index < -0.39 is 0 Å². The Morgan fingerprint density at radius 3 is 3.00 bits per heavy atom. The van der Waals surface area contributed by atoms with Gasteiger partial charge in [-0.3, -0.25) is 0 Å². The van der Waals surface area contributed by atoms with Crippen LogP contribution in [0.15, 0.2) is 12.4 Å². The summed E-state index contributed by atoms with van der Waals surface area (Å²) in [5, 5.41) is 7.86. The van der Waals surface area contributed by atoms with Gasteiger partial charge in [-0.2, -0.15) is 19.6 Å². The van der Waals surface area contributed by atoms with Crippen LogP contribution in [0.4, 0.5) is 5.82 Å². The largest absolute Gasteiger partial charge is 0.385 e. The molecule has 0 amide bonds. The van der Waals surface area contributed by atoms with Crippen molar-refractivity contribution in [3.05, 3.63) is 17.5 Å². The molecule has 0 fully saturated rings. The van der Waals surface area contributed by atoms with E-state index in [1.807, 2.05) is 0 Å². The van der Waals surface area contributed by atoms with E-state index in [4.69, 9.17) is 16.3 Å². The van der Waals surface area contributed by atoms with Crippen molar-refractivity contribution in [1.82, 2.24) is 19.6 Å². The lowest BCUT2D eigenvalue weighted by atomic mass is 9.90. The molecule has 6 nitrogen and oxygen atoms in total. The maximum atomic E-state index is 5.96. The summed E-state index contributed by atoms with van der Waals surface area (Å²) in [6, 6.07) is 1.75. The molecule has 2 aromatic rings. The summed E-state index contributed by atoms with van der Waals surface area (Å²) in [5.74, 6) is 1.28. The Morgan fingerprint density at radius 1 is 1.47 bits per heavy atom. The minimum absolute atomic E-state index is 0.110. The fourth-order valence-electron chi connectivity index (χ4n) is 1.71. The van der Waals surface area contributed by atoms with Crippen LogP contribution in [0.5, 0.6) is 0 Å². The standard InChI is InChI=1S/C12H18ClN5O/c1-12(2,4-5-19-3)7-14-10-6-9(13)17-11-15-8-16-18(10)11/h6,8,14H,4-5,7H2,1-3H3. The average Bonchev–Trinajstić information content (AvgIpc) is 2.81. The molecule has 2 heterocycles. The van der Waals surface area contributed by atoms with Crippen LogP contribution in [-0.4, -0.2) is 39.8 Å². The van der Waals surface area contributed by atoms with E-state index in [2.05, 4.69) is 34.2 Å². The van der Waals surface area contributed by atoms with Crippen molar-refractivity contribution >= 4 is 23.2 Å². The lowest BCUT2D eigenvalue weighted by molar-refractivity contribution is 0.157. The average molecular weight is 284 g/mol. The number of halogens is 1. The second-order valence-corrected chi connectivity index (χ2v) is 5.58. The number of methoxy groups -OCH3 is 1. The molecule has 19 heavy (non-hydrogen) atoms. The minimum Gasteiger partial charge on any atom is -0.385 e. The van der Waals surface area contributed by atoms with E-state index in [0.29, 0.717) is 10.9 Å². The number of nitrogens with one attached hydrogen (secondary N) is 1. The molecule has 7 heteroatoms. The van der Waals surface area contributed by atoms with Crippen molar-refractivity contribution in [2.24, 2.45) is 5.41 Å². The van der Waals surface area contributed by atoms with Gasteiger partial charge in [0.25, 0.3) is 5.78 Å². The van der Waals surface area contributed by atoms with Gasteiger partial charge in [-0.25, -0.2) is 0 Å². The summed E-state index contributed by atoms with van der Waals surface area (Å²) in [6.45, 7) is 5.89. The first kappa shape index (κ1) is 14.0. The molecule has 0 saturated carbocycles. The number of aromatic nitrogens is 4. The first-order valence-electron chi connectivity index (χ1n) is 6.11. The first-order valence-corrected chi connectivity index (χ1v) is 6.49. The van der Waals surface area contributed by atoms with Crippen molar-refractivity contribution in [3.63, 3.8) is 0 Å². The predicted molar refractivity (Wildman–Crippen MR) is 74.6 cm³/mol. The van der Waals surface area contributed by atoms with Crippen LogP contribution in [0.1, 0.15) is 20.3 Å². The highest BCUT2D eigenvalue weighted by Crippen LogP contribution is 2.22. The molecule has 0 atom stereocenters. The lowest BCUT2D eigenvalue weighted by Crippen LogP contribution is -2.25. The van der Waals surface area contributed by atoms with Gasteiger partial charge in [0.05, 0.1) is 0 Å². The number of anilines is 1. The topological polar surface area (TPSA) is 64.3 Å². The number of hydrogen-bond acceptors (Lipinski definition) is 5. The summed E-state index contributed by atoms with van der Waals surface area (Å²) < 4.78 is 6.76. The number of ether oxygens (including phenoxy) is 1. The van der Waals surface area contributed by atoms with Crippen LogP contribution >= 0.6 is 11.6 Å². The van der Waals surface area contributed by atoms with Crippen LogP contribution < -0.4 is 5.32 Å². The Labute approximate surface area is 117 Å². The van der Waals surface area contributed by atoms with Crippen molar-refractivity contribution in [3.8, 4) is 0 Å². The maximum Gasteiger partial charge on any atom is 0.255 e. The summed E-state index contributed by atoms with van der Waals surface area (Å²) in [5.41, 5.74) is 0.110. The SMILES string of the molecule is COCCC(C)(C)CNc1cc(Cl)nc2ncnn12. The van der Waals surface area contributed by atoms with E-state index in [1.165, 1.54) is 6.33 Å². The Hall–Kier alpha value is -1.40. The molecule has 0 aliphatic carbocycles. The van der Waals surface area contributed by atoms with Crippen molar-refractivity contribution < 1.29 is 4.74 Å². The molecular weight excluding hydrogens is 266 g/mol. The number of hydrogen-bond donors (Lipinski definition) is 1. The third-order valence-corrected chi connectivity index (χ3v) is 3.15. The van der Waals surface area contributed by atoms with Crippen molar-refractivity contribution in [2.75, 3.05) is 25.6 Å². The molecule has 104 valence electrons. The summed E-state index contributed by atoms with van der Waals surface area (Å²) >= 11 is 5.96. The van der Waals surface area contributed by atoms with Crippen LogP contribution in [0.25, 0.3) is 5.78 Å². The van der Waals surface area contributed by atoms with Gasteiger partial charge in [0.2, 0.25) is 0 Å². The lowest BCUT2D eigenvalue weighted by Gasteiger charge is -2.25. The van der Waals surface area contributed by atoms with Crippen molar-refractivity contribution in [2.45, 2.75) is 20.3 Å². The predicted octanol–water partition coefficient (Wildman–Crippen LogP) is 2.25. The Kier molecular flexibility index (Phi) is 4.21. The van der Waals surface area contributed by atoms with E-state index in [0.717, 1.165) is 25.4 Å². The number of fused-ring (bicyclic) bond motifs is 1. The third-order valence-electron chi connectivity index (χ3n) is 2.95. The molecule has 1 N–H and O–H groups in total. The molecule has 0 aliphatic rings. The second kappa shape index (κ2) is 5.71. The molecule has 0 radical (unpaired) electrons. The monoisotopic (exact) mass is 283 g/mol. The zero-order valence-electron chi connectivity index (χ0n) is 11.4. The van der Waals surface area contributed by atoms with E-state index in [-0.39, 0.29) is 5.41 Å².